The van der Waals surface area contributed by atoms with E-state index in [1.165, 1.54) is 58.7 Å². The first-order chi connectivity index (χ1) is 9.24. The van der Waals surface area contributed by atoms with Crippen LogP contribution in [0.25, 0.3) is 0 Å². The summed E-state index contributed by atoms with van der Waals surface area (Å²) in [6, 6.07) is 5.61. The van der Waals surface area contributed by atoms with Crippen LogP contribution < -0.4 is 10.6 Å². The number of halogens is 2. The Labute approximate surface area is 132 Å². The summed E-state index contributed by atoms with van der Waals surface area (Å²) in [4.78, 5) is 0. The summed E-state index contributed by atoms with van der Waals surface area (Å²) in [6.07, 6.45) is 6.33. The average Bonchev–Trinajstić information content (AvgIpc) is 2.41. The number of hydrogen-bond donors (Lipinski definition) is 2. The maximum absolute atomic E-state index is 3.86. The zero-order valence-corrected chi connectivity index (χ0v) is 14.2. The van der Waals surface area contributed by atoms with Gasteiger partial charge in [0.1, 0.15) is 0 Å². The highest BCUT2D eigenvalue weighted by Crippen LogP contribution is 2.37. The molecule has 0 saturated carbocycles. The minimum atomic E-state index is 0.516. The van der Waals surface area contributed by atoms with Crippen molar-refractivity contribution in [3.05, 3.63) is 32.2 Å². The lowest BCUT2D eigenvalue weighted by atomic mass is 9.87. The molecule has 1 fully saturated rings. The number of benzene rings is 1. The van der Waals surface area contributed by atoms with Gasteiger partial charge >= 0.3 is 0 Å². The number of hydrogen-bond acceptors (Lipinski definition) is 2. The van der Waals surface area contributed by atoms with Crippen molar-refractivity contribution in [2.24, 2.45) is 0 Å². The second-order valence-electron chi connectivity index (χ2n) is 5.61. The molecule has 0 radical (unpaired) electrons. The molecule has 0 spiro atoms. The first kappa shape index (κ1) is 14.1. The lowest BCUT2D eigenvalue weighted by Crippen LogP contribution is -2.45. The maximum atomic E-state index is 3.86. The monoisotopic (exact) mass is 386 g/mol. The molecule has 104 valence electrons. The SMILES string of the molecule is Brc1cc(Br)c2c(c1)C(NC1CCCNC1)CCC2. The van der Waals surface area contributed by atoms with Gasteiger partial charge in [-0.05, 0) is 61.9 Å². The van der Waals surface area contributed by atoms with E-state index in [1.807, 2.05) is 0 Å². The Balaban J connectivity index is 1.81. The van der Waals surface area contributed by atoms with Gasteiger partial charge in [-0.2, -0.15) is 0 Å². The third-order valence-electron chi connectivity index (χ3n) is 4.22. The Morgan fingerprint density at radius 3 is 2.84 bits per heavy atom. The van der Waals surface area contributed by atoms with Crippen LogP contribution >= 0.6 is 31.9 Å². The molecular weight excluding hydrogens is 368 g/mol. The normalized spacial score (nSPS) is 27.1. The van der Waals surface area contributed by atoms with Gasteiger partial charge in [0.2, 0.25) is 0 Å². The molecule has 4 heteroatoms. The molecule has 19 heavy (non-hydrogen) atoms. The van der Waals surface area contributed by atoms with E-state index in [2.05, 4.69) is 54.6 Å². The fraction of sp³-hybridized carbons (Fsp3) is 0.600. The highest BCUT2D eigenvalue weighted by Gasteiger charge is 2.25. The van der Waals surface area contributed by atoms with E-state index >= 15 is 0 Å². The Morgan fingerprint density at radius 1 is 1.16 bits per heavy atom. The fourth-order valence-electron chi connectivity index (χ4n) is 3.29. The van der Waals surface area contributed by atoms with Crippen LogP contribution in [-0.4, -0.2) is 19.1 Å². The van der Waals surface area contributed by atoms with Crippen molar-refractivity contribution in [1.29, 1.82) is 0 Å². The Morgan fingerprint density at radius 2 is 2.05 bits per heavy atom. The number of fused-ring (bicyclic) bond motifs is 1. The van der Waals surface area contributed by atoms with Crippen molar-refractivity contribution >= 4 is 31.9 Å². The number of nitrogens with one attached hydrogen (secondary N) is 2. The molecule has 1 aliphatic carbocycles. The van der Waals surface area contributed by atoms with Gasteiger partial charge in [0.25, 0.3) is 0 Å². The van der Waals surface area contributed by atoms with E-state index in [-0.39, 0.29) is 0 Å². The lowest BCUT2D eigenvalue weighted by molar-refractivity contribution is 0.333. The molecule has 2 unspecified atom stereocenters. The van der Waals surface area contributed by atoms with Crippen LogP contribution in [0, 0.1) is 0 Å². The van der Waals surface area contributed by atoms with Gasteiger partial charge in [-0.25, -0.2) is 0 Å². The first-order valence-corrected chi connectivity index (χ1v) is 8.77. The molecule has 3 rings (SSSR count). The van der Waals surface area contributed by atoms with E-state index in [0.29, 0.717) is 12.1 Å². The predicted molar refractivity (Wildman–Crippen MR) is 86.5 cm³/mol. The van der Waals surface area contributed by atoms with Gasteiger partial charge in [0.15, 0.2) is 0 Å². The summed E-state index contributed by atoms with van der Waals surface area (Å²) in [5.74, 6) is 0. The molecule has 2 N–H and O–H groups in total. The molecule has 0 amide bonds. The number of rotatable bonds is 2. The van der Waals surface area contributed by atoms with Gasteiger partial charge in [0.05, 0.1) is 0 Å². The van der Waals surface area contributed by atoms with Crippen molar-refractivity contribution < 1.29 is 0 Å². The summed E-state index contributed by atoms with van der Waals surface area (Å²) < 4.78 is 2.43. The molecule has 0 aromatic heterocycles. The van der Waals surface area contributed by atoms with Crippen LogP contribution in [0.1, 0.15) is 42.9 Å². The third-order valence-corrected chi connectivity index (χ3v) is 5.39. The van der Waals surface area contributed by atoms with Crippen LogP contribution in [0.2, 0.25) is 0 Å². The van der Waals surface area contributed by atoms with Gasteiger partial charge in [-0.3, -0.25) is 0 Å². The van der Waals surface area contributed by atoms with E-state index in [0.717, 1.165) is 6.54 Å². The van der Waals surface area contributed by atoms with Crippen molar-refractivity contribution in [3.63, 3.8) is 0 Å². The van der Waals surface area contributed by atoms with Crippen LogP contribution in [-0.2, 0) is 6.42 Å². The van der Waals surface area contributed by atoms with Crippen molar-refractivity contribution in [2.75, 3.05) is 13.1 Å². The fourth-order valence-corrected chi connectivity index (χ4v) is 4.74. The van der Waals surface area contributed by atoms with Crippen LogP contribution in [0.4, 0.5) is 0 Å². The number of piperidine rings is 1. The lowest BCUT2D eigenvalue weighted by Gasteiger charge is -2.33. The quantitative estimate of drug-likeness (QED) is 0.803. The minimum absolute atomic E-state index is 0.516. The van der Waals surface area contributed by atoms with Crippen molar-refractivity contribution in [1.82, 2.24) is 10.6 Å². The van der Waals surface area contributed by atoms with E-state index < -0.39 is 0 Å². The summed E-state index contributed by atoms with van der Waals surface area (Å²) in [5, 5.41) is 7.35. The Kier molecular flexibility index (Phi) is 4.62. The summed E-state index contributed by atoms with van der Waals surface area (Å²) in [5.41, 5.74) is 2.98. The molecule has 1 aromatic rings. The molecule has 1 heterocycles. The molecule has 1 aliphatic heterocycles. The molecule has 1 saturated heterocycles. The largest absolute Gasteiger partial charge is 0.315 e. The van der Waals surface area contributed by atoms with Crippen molar-refractivity contribution in [3.8, 4) is 0 Å². The highest BCUT2D eigenvalue weighted by molar-refractivity contribution is 9.11. The summed E-state index contributed by atoms with van der Waals surface area (Å²) in [7, 11) is 0. The van der Waals surface area contributed by atoms with Crippen LogP contribution in [0.15, 0.2) is 21.1 Å². The Bertz CT molecular complexity index is 456. The van der Waals surface area contributed by atoms with Gasteiger partial charge in [-0.15, -0.1) is 0 Å². The van der Waals surface area contributed by atoms with Crippen LogP contribution in [0.3, 0.4) is 0 Å². The van der Waals surface area contributed by atoms with E-state index in [9.17, 15) is 0 Å². The van der Waals surface area contributed by atoms with Crippen LogP contribution in [0.5, 0.6) is 0 Å². The van der Waals surface area contributed by atoms with E-state index in [4.69, 9.17) is 0 Å². The molecule has 2 aliphatic rings. The summed E-state index contributed by atoms with van der Waals surface area (Å²) in [6.45, 7) is 2.29. The smallest absolute Gasteiger partial charge is 0.0326 e. The zero-order chi connectivity index (χ0) is 13.2. The zero-order valence-electron chi connectivity index (χ0n) is 11.0. The summed E-state index contributed by atoms with van der Waals surface area (Å²) >= 11 is 7.34. The minimum Gasteiger partial charge on any atom is -0.315 e. The predicted octanol–water partition coefficient (Wildman–Crippen LogP) is 3.93. The standard InChI is InChI=1S/C15H20Br2N2/c16-10-7-13-12(14(17)8-10)4-1-5-15(13)19-11-3-2-6-18-9-11/h7-8,11,15,18-19H,1-6,9H2. The molecule has 1 aromatic carbocycles. The van der Waals surface area contributed by atoms with Gasteiger partial charge in [0, 0.05) is 27.6 Å². The highest BCUT2D eigenvalue weighted by atomic mass is 79.9. The Hall–Kier alpha value is 0.1000. The van der Waals surface area contributed by atoms with Gasteiger partial charge < -0.3 is 10.6 Å². The van der Waals surface area contributed by atoms with E-state index in [1.54, 1.807) is 0 Å². The third kappa shape index (κ3) is 3.23. The average molecular weight is 388 g/mol. The van der Waals surface area contributed by atoms with Crippen molar-refractivity contribution in [2.45, 2.75) is 44.2 Å². The second-order valence-corrected chi connectivity index (χ2v) is 7.38. The first-order valence-electron chi connectivity index (χ1n) is 7.18. The molecule has 2 atom stereocenters. The maximum Gasteiger partial charge on any atom is 0.0326 e. The molecule has 0 bridgehead atoms. The van der Waals surface area contributed by atoms with Gasteiger partial charge in [-0.1, -0.05) is 31.9 Å². The molecule has 2 nitrogen and oxygen atoms in total. The topological polar surface area (TPSA) is 24.1 Å². The second kappa shape index (κ2) is 6.25. The molecular formula is C15H20Br2N2.